The second-order valence-corrected chi connectivity index (χ2v) is 8.08. The van der Waals surface area contributed by atoms with Gasteiger partial charge in [-0.3, -0.25) is 4.79 Å². The average Bonchev–Trinajstić information content (AvgIpc) is 3.12. The number of halogens is 1. The third kappa shape index (κ3) is 4.08. The quantitative estimate of drug-likeness (QED) is 0.845. The zero-order valence-corrected chi connectivity index (χ0v) is 16.2. The maximum absolute atomic E-state index is 12.8. The van der Waals surface area contributed by atoms with Crippen LogP contribution >= 0.6 is 12.4 Å². The molecule has 3 atom stereocenters. The Morgan fingerprint density at radius 2 is 1.88 bits per heavy atom. The van der Waals surface area contributed by atoms with Crippen molar-refractivity contribution in [1.29, 1.82) is 0 Å². The minimum absolute atomic E-state index is 0. The zero-order chi connectivity index (χ0) is 17.1. The van der Waals surface area contributed by atoms with Gasteiger partial charge in [-0.05, 0) is 43.6 Å². The second-order valence-electron chi connectivity index (χ2n) is 8.08. The van der Waals surface area contributed by atoms with Crippen molar-refractivity contribution in [3.63, 3.8) is 0 Å². The van der Waals surface area contributed by atoms with Gasteiger partial charge < -0.3 is 15.4 Å². The second kappa shape index (κ2) is 8.73. The molecule has 1 aromatic carbocycles. The summed E-state index contributed by atoms with van der Waals surface area (Å²) in [5.74, 6) is 0.895. The van der Waals surface area contributed by atoms with Gasteiger partial charge >= 0.3 is 0 Å². The summed E-state index contributed by atoms with van der Waals surface area (Å²) in [4.78, 5) is 12.8. The van der Waals surface area contributed by atoms with Gasteiger partial charge in [0.15, 0.2) is 0 Å². The van der Waals surface area contributed by atoms with E-state index in [-0.39, 0.29) is 29.8 Å². The molecule has 26 heavy (non-hydrogen) atoms. The molecule has 1 amide bonds. The molecule has 144 valence electrons. The fourth-order valence-corrected chi connectivity index (χ4v) is 5.02. The Bertz CT molecular complexity index is 575. The lowest BCUT2D eigenvalue weighted by Crippen LogP contribution is -2.49. The molecule has 2 saturated heterocycles. The zero-order valence-electron chi connectivity index (χ0n) is 15.4. The van der Waals surface area contributed by atoms with Crippen LogP contribution in [-0.4, -0.2) is 37.7 Å². The first-order chi connectivity index (χ1) is 12.3. The Morgan fingerprint density at radius 1 is 1.15 bits per heavy atom. The highest BCUT2D eigenvalue weighted by atomic mass is 35.5. The standard InChI is InChI=1S/C21H30N2O2.ClH/c24-20(19-14-16-6-4-5-9-18(16)23-19)22-15-21(10-12-25-13-11-21)17-7-2-1-3-8-17;/h1-3,7-8,16,18-19,23H,4-6,9-15H2,(H,22,24);1H. The van der Waals surface area contributed by atoms with Crippen molar-refractivity contribution in [2.24, 2.45) is 5.92 Å². The summed E-state index contributed by atoms with van der Waals surface area (Å²) in [6.45, 7) is 2.26. The predicted molar refractivity (Wildman–Crippen MR) is 106 cm³/mol. The molecule has 3 aliphatic rings. The van der Waals surface area contributed by atoms with Gasteiger partial charge in [0.25, 0.3) is 0 Å². The lowest BCUT2D eigenvalue weighted by molar-refractivity contribution is -0.123. The van der Waals surface area contributed by atoms with E-state index in [1.165, 1.54) is 31.2 Å². The van der Waals surface area contributed by atoms with Crippen LogP contribution in [0.4, 0.5) is 0 Å². The molecule has 3 unspecified atom stereocenters. The van der Waals surface area contributed by atoms with Crippen LogP contribution in [0.5, 0.6) is 0 Å². The van der Waals surface area contributed by atoms with E-state index in [0.717, 1.165) is 32.5 Å². The van der Waals surface area contributed by atoms with Crippen molar-refractivity contribution in [2.75, 3.05) is 19.8 Å². The molecule has 1 aromatic rings. The average molecular weight is 379 g/mol. The van der Waals surface area contributed by atoms with Crippen molar-refractivity contribution < 1.29 is 9.53 Å². The van der Waals surface area contributed by atoms with E-state index < -0.39 is 0 Å². The number of fused-ring (bicyclic) bond motifs is 1. The van der Waals surface area contributed by atoms with Crippen molar-refractivity contribution in [2.45, 2.75) is 62.4 Å². The van der Waals surface area contributed by atoms with Gasteiger partial charge in [-0.25, -0.2) is 0 Å². The first-order valence-corrected chi connectivity index (χ1v) is 9.94. The highest BCUT2D eigenvalue weighted by Gasteiger charge is 2.40. The highest BCUT2D eigenvalue weighted by Crippen LogP contribution is 2.35. The van der Waals surface area contributed by atoms with Gasteiger partial charge in [0.2, 0.25) is 5.91 Å². The monoisotopic (exact) mass is 378 g/mol. The minimum atomic E-state index is 0. The molecule has 2 N–H and O–H groups in total. The molecule has 0 bridgehead atoms. The summed E-state index contributed by atoms with van der Waals surface area (Å²) in [6, 6.07) is 11.2. The molecule has 0 radical (unpaired) electrons. The topological polar surface area (TPSA) is 50.4 Å². The Kier molecular flexibility index (Phi) is 6.60. The first kappa shape index (κ1) is 19.7. The fourth-order valence-electron chi connectivity index (χ4n) is 5.02. The summed E-state index contributed by atoms with van der Waals surface area (Å²) in [5, 5.41) is 6.88. The van der Waals surface area contributed by atoms with Crippen LogP contribution in [0.15, 0.2) is 30.3 Å². The Morgan fingerprint density at radius 3 is 2.62 bits per heavy atom. The third-order valence-electron chi connectivity index (χ3n) is 6.62. The number of rotatable bonds is 4. The number of hydrogen-bond acceptors (Lipinski definition) is 3. The van der Waals surface area contributed by atoms with Gasteiger partial charge in [-0.2, -0.15) is 0 Å². The molecule has 1 saturated carbocycles. The number of benzene rings is 1. The van der Waals surface area contributed by atoms with Gasteiger partial charge in [-0.1, -0.05) is 43.2 Å². The lowest BCUT2D eigenvalue weighted by Gasteiger charge is -2.38. The molecule has 2 aliphatic heterocycles. The maximum atomic E-state index is 12.8. The van der Waals surface area contributed by atoms with E-state index >= 15 is 0 Å². The van der Waals surface area contributed by atoms with E-state index in [4.69, 9.17) is 4.74 Å². The van der Waals surface area contributed by atoms with E-state index in [0.29, 0.717) is 18.5 Å². The van der Waals surface area contributed by atoms with Crippen molar-refractivity contribution in [1.82, 2.24) is 10.6 Å². The maximum Gasteiger partial charge on any atom is 0.237 e. The van der Waals surface area contributed by atoms with Crippen LogP contribution in [0.2, 0.25) is 0 Å². The summed E-state index contributed by atoms with van der Waals surface area (Å²) in [6.07, 6.45) is 8.11. The van der Waals surface area contributed by atoms with E-state index in [9.17, 15) is 4.79 Å². The van der Waals surface area contributed by atoms with Crippen molar-refractivity contribution >= 4 is 18.3 Å². The summed E-state index contributed by atoms with van der Waals surface area (Å²) < 4.78 is 5.59. The molecule has 2 heterocycles. The van der Waals surface area contributed by atoms with Crippen LogP contribution in [-0.2, 0) is 14.9 Å². The van der Waals surface area contributed by atoms with Crippen LogP contribution in [0.25, 0.3) is 0 Å². The molecular weight excluding hydrogens is 348 g/mol. The Hall–Kier alpha value is -1.10. The highest BCUT2D eigenvalue weighted by molar-refractivity contribution is 5.85. The number of ether oxygens (including phenoxy) is 1. The third-order valence-corrected chi connectivity index (χ3v) is 6.62. The molecule has 5 heteroatoms. The number of amides is 1. The normalized spacial score (nSPS) is 30.1. The fraction of sp³-hybridized carbons (Fsp3) is 0.667. The van der Waals surface area contributed by atoms with Crippen molar-refractivity contribution in [3.05, 3.63) is 35.9 Å². The molecular formula is C21H31ClN2O2. The van der Waals surface area contributed by atoms with Gasteiger partial charge in [0, 0.05) is 31.2 Å². The summed E-state index contributed by atoms with van der Waals surface area (Å²) in [7, 11) is 0. The van der Waals surface area contributed by atoms with Crippen LogP contribution < -0.4 is 10.6 Å². The Labute approximate surface area is 162 Å². The number of hydrogen-bond donors (Lipinski definition) is 2. The molecule has 4 rings (SSSR count). The Balaban J connectivity index is 0.00000196. The predicted octanol–water partition coefficient (Wildman–Crippen LogP) is 3.19. The van der Waals surface area contributed by atoms with Crippen LogP contribution in [0.1, 0.15) is 50.5 Å². The van der Waals surface area contributed by atoms with Gasteiger partial charge in [0.1, 0.15) is 0 Å². The summed E-state index contributed by atoms with van der Waals surface area (Å²) in [5.41, 5.74) is 1.34. The number of carbonyl (C=O) groups is 1. The lowest BCUT2D eigenvalue weighted by atomic mass is 9.74. The summed E-state index contributed by atoms with van der Waals surface area (Å²) >= 11 is 0. The van der Waals surface area contributed by atoms with E-state index in [1.54, 1.807) is 0 Å². The van der Waals surface area contributed by atoms with Crippen molar-refractivity contribution in [3.8, 4) is 0 Å². The van der Waals surface area contributed by atoms with Gasteiger partial charge in [-0.15, -0.1) is 12.4 Å². The molecule has 4 nitrogen and oxygen atoms in total. The number of nitrogens with one attached hydrogen (secondary N) is 2. The smallest absolute Gasteiger partial charge is 0.237 e. The molecule has 0 aromatic heterocycles. The van der Waals surface area contributed by atoms with Gasteiger partial charge in [0.05, 0.1) is 6.04 Å². The molecule has 3 fully saturated rings. The van der Waals surface area contributed by atoms with E-state index in [1.807, 2.05) is 0 Å². The van der Waals surface area contributed by atoms with E-state index in [2.05, 4.69) is 41.0 Å². The number of carbonyl (C=O) groups excluding carboxylic acids is 1. The first-order valence-electron chi connectivity index (χ1n) is 9.94. The van der Waals surface area contributed by atoms with Crippen LogP contribution in [0, 0.1) is 5.92 Å². The SMILES string of the molecule is Cl.O=C(NCC1(c2ccccc2)CCOCC1)C1CC2CCCCC2N1. The minimum Gasteiger partial charge on any atom is -0.381 e. The molecule has 1 aliphatic carbocycles. The largest absolute Gasteiger partial charge is 0.381 e. The van der Waals surface area contributed by atoms with Crippen LogP contribution in [0.3, 0.4) is 0 Å². The molecule has 0 spiro atoms.